The van der Waals surface area contributed by atoms with Crippen molar-refractivity contribution >= 4 is 17.7 Å². The van der Waals surface area contributed by atoms with Crippen LogP contribution >= 0.6 is 0 Å². The first kappa shape index (κ1) is 29.1. The second-order valence-electron chi connectivity index (χ2n) is 16.7. The Labute approximate surface area is 236 Å². The van der Waals surface area contributed by atoms with Crippen LogP contribution in [0.3, 0.4) is 0 Å². The molecule has 5 aliphatic carbocycles. The van der Waals surface area contributed by atoms with Gasteiger partial charge in [-0.3, -0.25) is 14.4 Å². The normalized spacial score (nSPS) is 49.9. The summed E-state index contributed by atoms with van der Waals surface area (Å²) in [6.45, 7) is 21.8. The second kappa shape index (κ2) is 8.81. The maximum Gasteiger partial charge on any atom is 0.303 e. The van der Waals surface area contributed by atoms with Crippen molar-refractivity contribution in [3.05, 3.63) is 0 Å². The van der Waals surface area contributed by atoms with Gasteiger partial charge >= 0.3 is 11.9 Å². The average molecular weight is 543 g/mol. The van der Waals surface area contributed by atoms with E-state index in [1.54, 1.807) is 0 Å². The molecule has 0 aromatic rings. The summed E-state index contributed by atoms with van der Waals surface area (Å²) < 4.78 is 11.9. The number of carbonyl (C=O) groups excluding carboxylic acids is 3. The highest BCUT2D eigenvalue weighted by atomic mass is 16.6. The SMILES string of the molecule is CC(=O)O[C@@H]1C[C@@]2(C)[C@@H](CC[C@@]3(C)[C@H]2CC[C@H]2[C@]4(C)CCC(C)(C)C(=O)[C@H]4CC[C@@]23C)C(C)(C)[C@H]1OC(C)=O. The summed E-state index contributed by atoms with van der Waals surface area (Å²) in [7, 11) is 0. The molecule has 0 N–H and O–H groups in total. The lowest BCUT2D eigenvalue weighted by Crippen LogP contribution is -2.70. The highest BCUT2D eigenvalue weighted by Gasteiger charge is 2.72. The van der Waals surface area contributed by atoms with E-state index in [-0.39, 0.29) is 50.3 Å². The molecule has 0 unspecified atom stereocenters. The predicted octanol–water partition coefficient (Wildman–Crippen LogP) is 7.54. The van der Waals surface area contributed by atoms with Gasteiger partial charge in [0.1, 0.15) is 18.0 Å². The molecule has 0 aromatic heterocycles. The van der Waals surface area contributed by atoms with E-state index in [0.29, 0.717) is 23.5 Å². The molecule has 5 rings (SSSR count). The van der Waals surface area contributed by atoms with Crippen LogP contribution in [-0.4, -0.2) is 29.9 Å². The molecule has 0 saturated heterocycles. The number of esters is 2. The van der Waals surface area contributed by atoms with Crippen molar-refractivity contribution in [1.82, 2.24) is 0 Å². The fourth-order valence-corrected chi connectivity index (χ4v) is 12.2. The van der Waals surface area contributed by atoms with E-state index in [1.165, 1.54) is 26.7 Å². The Bertz CT molecular complexity index is 1060. The number of ketones is 1. The molecule has 0 heterocycles. The lowest BCUT2D eigenvalue weighted by Gasteiger charge is -2.74. The zero-order valence-electron chi connectivity index (χ0n) is 26.4. The summed E-state index contributed by atoms with van der Waals surface area (Å²) in [6.07, 6.45) is 8.77. The Morgan fingerprint density at radius 1 is 0.667 bits per heavy atom. The van der Waals surface area contributed by atoms with Gasteiger partial charge in [-0.1, -0.05) is 55.4 Å². The molecular formula is C34H54O5. The molecule has 5 fully saturated rings. The maximum atomic E-state index is 13.7. The monoisotopic (exact) mass is 542 g/mol. The van der Waals surface area contributed by atoms with Gasteiger partial charge in [-0.15, -0.1) is 0 Å². The highest BCUT2D eigenvalue weighted by Crippen LogP contribution is 2.77. The summed E-state index contributed by atoms with van der Waals surface area (Å²) in [4.78, 5) is 38.1. The van der Waals surface area contributed by atoms with Crippen LogP contribution in [0.2, 0.25) is 0 Å². The van der Waals surface area contributed by atoms with E-state index < -0.39 is 12.2 Å². The van der Waals surface area contributed by atoms with Gasteiger partial charge in [0.25, 0.3) is 0 Å². The molecule has 0 bridgehead atoms. The quantitative estimate of drug-likeness (QED) is 0.337. The zero-order valence-corrected chi connectivity index (χ0v) is 26.4. The minimum Gasteiger partial charge on any atom is -0.459 e. The Morgan fingerprint density at radius 3 is 1.77 bits per heavy atom. The molecule has 39 heavy (non-hydrogen) atoms. The molecule has 0 aromatic carbocycles. The van der Waals surface area contributed by atoms with Crippen molar-refractivity contribution in [2.45, 2.75) is 139 Å². The first-order valence-corrected chi connectivity index (χ1v) is 15.7. The Balaban J connectivity index is 1.53. The predicted molar refractivity (Wildman–Crippen MR) is 152 cm³/mol. The third-order valence-corrected chi connectivity index (χ3v) is 14.2. The fourth-order valence-electron chi connectivity index (χ4n) is 12.2. The molecule has 5 saturated carbocycles. The number of hydrogen-bond acceptors (Lipinski definition) is 5. The number of ether oxygens (including phenoxy) is 2. The standard InChI is InChI=1S/C34H54O5/c1-20(35)38-23-19-32(8)24(30(5,6)28(23)39-21(2)36)14-16-34(10)26(32)12-11-25-31(7)18-17-29(3,4)27(37)22(31)13-15-33(25,34)9/h22-26,28H,11-19H2,1-10H3/t22-,23-,24+,25+,26+,28+,31-,32+,33+,34+/m1/s1. The Morgan fingerprint density at radius 2 is 1.21 bits per heavy atom. The van der Waals surface area contributed by atoms with E-state index in [2.05, 4.69) is 55.4 Å². The first-order valence-electron chi connectivity index (χ1n) is 15.7. The number of fused-ring (bicyclic) bond motifs is 7. The summed E-state index contributed by atoms with van der Waals surface area (Å²) in [5.74, 6) is 1.52. The minimum atomic E-state index is -0.431. The van der Waals surface area contributed by atoms with Gasteiger partial charge in [-0.25, -0.2) is 0 Å². The van der Waals surface area contributed by atoms with Crippen molar-refractivity contribution in [3.8, 4) is 0 Å². The van der Waals surface area contributed by atoms with Gasteiger partial charge < -0.3 is 9.47 Å². The number of carbonyl (C=O) groups is 3. The van der Waals surface area contributed by atoms with E-state index in [9.17, 15) is 14.4 Å². The van der Waals surface area contributed by atoms with E-state index in [1.807, 2.05) is 0 Å². The molecular weight excluding hydrogens is 488 g/mol. The summed E-state index contributed by atoms with van der Waals surface area (Å²) >= 11 is 0. The van der Waals surface area contributed by atoms with Gasteiger partial charge in [-0.2, -0.15) is 0 Å². The summed E-state index contributed by atoms with van der Waals surface area (Å²) in [5.41, 5.74) is -0.117. The number of hydrogen-bond donors (Lipinski definition) is 0. The van der Waals surface area contributed by atoms with Crippen LogP contribution in [0.4, 0.5) is 0 Å². The molecule has 0 spiro atoms. The highest BCUT2D eigenvalue weighted by molar-refractivity contribution is 5.88. The second-order valence-corrected chi connectivity index (χ2v) is 16.7. The summed E-state index contributed by atoms with van der Waals surface area (Å²) in [6, 6.07) is 0. The van der Waals surface area contributed by atoms with Gasteiger partial charge in [-0.05, 0) is 97.2 Å². The van der Waals surface area contributed by atoms with E-state index >= 15 is 0 Å². The van der Waals surface area contributed by atoms with Crippen molar-refractivity contribution in [2.24, 2.45) is 56.2 Å². The summed E-state index contributed by atoms with van der Waals surface area (Å²) in [5, 5.41) is 0. The van der Waals surface area contributed by atoms with Crippen LogP contribution in [-0.2, 0) is 23.9 Å². The third-order valence-electron chi connectivity index (χ3n) is 14.2. The molecule has 0 aliphatic heterocycles. The topological polar surface area (TPSA) is 69.7 Å². The van der Waals surface area contributed by atoms with Gasteiger partial charge in [0.2, 0.25) is 0 Å². The largest absolute Gasteiger partial charge is 0.459 e. The Kier molecular flexibility index (Phi) is 6.57. The van der Waals surface area contributed by atoms with Gasteiger partial charge in [0.15, 0.2) is 0 Å². The lowest BCUT2D eigenvalue weighted by atomic mass is 9.30. The van der Waals surface area contributed by atoms with Crippen LogP contribution in [0.5, 0.6) is 0 Å². The van der Waals surface area contributed by atoms with Crippen molar-refractivity contribution < 1.29 is 23.9 Å². The molecule has 5 heteroatoms. The first-order chi connectivity index (χ1) is 17.8. The molecule has 5 nitrogen and oxygen atoms in total. The van der Waals surface area contributed by atoms with E-state index in [0.717, 1.165) is 44.9 Å². The minimum absolute atomic E-state index is 0.0244. The van der Waals surface area contributed by atoms with Crippen molar-refractivity contribution in [2.75, 3.05) is 0 Å². The van der Waals surface area contributed by atoms with Crippen molar-refractivity contribution in [3.63, 3.8) is 0 Å². The molecule has 0 radical (unpaired) electrons. The van der Waals surface area contributed by atoms with E-state index in [4.69, 9.17) is 9.47 Å². The third kappa shape index (κ3) is 3.86. The average Bonchev–Trinajstić information content (AvgIpc) is 2.79. The zero-order chi connectivity index (χ0) is 29.0. The van der Waals surface area contributed by atoms with Gasteiger partial charge in [0.05, 0.1) is 0 Å². The lowest BCUT2D eigenvalue weighted by molar-refractivity contribution is -0.273. The molecule has 5 aliphatic rings. The van der Waals surface area contributed by atoms with Crippen LogP contribution < -0.4 is 0 Å². The van der Waals surface area contributed by atoms with Crippen molar-refractivity contribution in [1.29, 1.82) is 0 Å². The molecule has 220 valence electrons. The Hall–Kier alpha value is -1.39. The smallest absolute Gasteiger partial charge is 0.303 e. The number of Topliss-reactive ketones (excluding diaryl/α,β-unsaturated/α-hetero) is 1. The van der Waals surface area contributed by atoms with Crippen LogP contribution in [0, 0.1) is 56.2 Å². The van der Waals surface area contributed by atoms with Crippen LogP contribution in [0.15, 0.2) is 0 Å². The maximum absolute atomic E-state index is 13.7. The number of rotatable bonds is 2. The van der Waals surface area contributed by atoms with Gasteiger partial charge in [0, 0.05) is 30.6 Å². The van der Waals surface area contributed by atoms with Crippen LogP contribution in [0.25, 0.3) is 0 Å². The fraction of sp³-hybridized carbons (Fsp3) is 0.912. The molecule has 10 atom stereocenters. The van der Waals surface area contributed by atoms with Crippen LogP contribution in [0.1, 0.15) is 127 Å². The molecule has 0 amide bonds.